The van der Waals surface area contributed by atoms with Gasteiger partial charge in [-0.3, -0.25) is 23.7 Å². The molecule has 36 heavy (non-hydrogen) atoms. The molecule has 14 heteroatoms. The summed E-state index contributed by atoms with van der Waals surface area (Å²) in [6, 6.07) is 6.13. The summed E-state index contributed by atoms with van der Waals surface area (Å²) in [5.41, 5.74) is 0.448. The number of rotatable bonds is 9. The van der Waals surface area contributed by atoms with Crippen molar-refractivity contribution in [2.75, 3.05) is 13.7 Å². The van der Waals surface area contributed by atoms with Gasteiger partial charge >= 0.3 is 19.4 Å². The molecule has 194 valence electrons. The molecule has 1 aliphatic rings. The molecule has 0 radical (unpaired) electrons. The Hall–Kier alpha value is -3.09. The number of esters is 1. The molecule has 0 spiro atoms. The van der Waals surface area contributed by atoms with Crippen LogP contribution in [0.3, 0.4) is 0 Å². The zero-order valence-corrected chi connectivity index (χ0v) is 20.4. The quantitative estimate of drug-likeness (QED) is 0.239. The first-order chi connectivity index (χ1) is 17.1. The second-order valence-electron chi connectivity index (χ2n) is 8.44. The maximum absolute atomic E-state index is 14.6. The van der Waals surface area contributed by atoms with Crippen molar-refractivity contribution >= 4 is 24.6 Å². The van der Waals surface area contributed by atoms with Gasteiger partial charge in [0.15, 0.2) is 0 Å². The minimum absolute atomic E-state index is 0.0206. The lowest BCUT2D eigenvalue weighted by atomic mass is 10.1. The molecule has 2 aromatic heterocycles. The van der Waals surface area contributed by atoms with Gasteiger partial charge in [-0.2, -0.15) is 0 Å². The van der Waals surface area contributed by atoms with Crippen LogP contribution in [0, 0.1) is 6.92 Å². The van der Waals surface area contributed by atoms with Gasteiger partial charge < -0.3 is 19.4 Å². The number of para-hydroxylation sites is 1. The first kappa shape index (κ1) is 26.0. The van der Waals surface area contributed by atoms with Crippen molar-refractivity contribution in [2.24, 2.45) is 0 Å². The van der Waals surface area contributed by atoms with Gasteiger partial charge in [-0.05, 0) is 18.6 Å². The van der Waals surface area contributed by atoms with Gasteiger partial charge in [0.2, 0.25) is 0 Å². The van der Waals surface area contributed by atoms with Gasteiger partial charge in [-0.1, -0.05) is 18.2 Å². The number of H-pyrrole nitrogens is 2. The number of aromatic amines is 2. The third-order valence-electron chi connectivity index (χ3n) is 5.94. The molecule has 0 aliphatic carbocycles. The number of carbonyl (C=O) groups excluding carboxylic acids is 1. The van der Waals surface area contributed by atoms with E-state index < -0.39 is 56.1 Å². The summed E-state index contributed by atoms with van der Waals surface area (Å²) in [7, 11) is -3.46. The lowest BCUT2D eigenvalue weighted by Gasteiger charge is -2.22. The van der Waals surface area contributed by atoms with E-state index in [-0.39, 0.29) is 18.4 Å². The summed E-state index contributed by atoms with van der Waals surface area (Å²) < 4.78 is 43.7. The van der Waals surface area contributed by atoms with Crippen molar-refractivity contribution in [1.82, 2.24) is 19.6 Å². The van der Waals surface area contributed by atoms with Crippen molar-refractivity contribution in [3.8, 4) is 0 Å². The molecule has 0 bridgehead atoms. The first-order valence-electron chi connectivity index (χ1n) is 11.1. The minimum Gasteiger partial charge on any atom is -0.468 e. The summed E-state index contributed by atoms with van der Waals surface area (Å²) >= 11 is 0. The van der Waals surface area contributed by atoms with Gasteiger partial charge in [0.25, 0.3) is 5.56 Å². The van der Waals surface area contributed by atoms with Crippen molar-refractivity contribution in [3.63, 3.8) is 0 Å². The molecule has 12 nitrogen and oxygen atoms in total. The Morgan fingerprint density at radius 3 is 2.89 bits per heavy atom. The number of nitrogens with one attached hydrogen (secondary N) is 3. The van der Waals surface area contributed by atoms with Crippen molar-refractivity contribution in [2.45, 2.75) is 44.3 Å². The lowest BCUT2D eigenvalue weighted by molar-refractivity contribution is -0.142. The van der Waals surface area contributed by atoms with E-state index >= 15 is 0 Å². The number of carbonyl (C=O) groups is 1. The van der Waals surface area contributed by atoms with Crippen LogP contribution in [0.4, 0.5) is 4.39 Å². The maximum atomic E-state index is 14.6. The van der Waals surface area contributed by atoms with E-state index in [1.54, 1.807) is 6.20 Å². The van der Waals surface area contributed by atoms with Crippen LogP contribution >= 0.6 is 7.75 Å². The van der Waals surface area contributed by atoms with E-state index in [0.717, 1.165) is 22.6 Å². The molecule has 1 unspecified atom stereocenters. The Morgan fingerprint density at radius 2 is 2.14 bits per heavy atom. The molecule has 3 heterocycles. The normalized spacial score (nSPS) is 22.4. The Balaban J connectivity index is 1.41. The van der Waals surface area contributed by atoms with E-state index in [1.165, 1.54) is 13.1 Å². The summed E-state index contributed by atoms with van der Waals surface area (Å²) in [5, 5.41) is 3.11. The van der Waals surface area contributed by atoms with Crippen LogP contribution in [0.1, 0.15) is 23.8 Å². The number of nitrogens with zero attached hydrogens (tertiary/aromatic N) is 1. The van der Waals surface area contributed by atoms with Crippen LogP contribution < -0.4 is 16.3 Å². The SMILES string of the molecule is COC(=O)[C@H](Cc1c[nH]c2ccccc12)NP(=O)(O)OC[C@H]1O[C@@H](n2cc(C)c(=O)[nH]c2=O)C[C@@H]1F. The van der Waals surface area contributed by atoms with Gasteiger partial charge in [0.05, 0.1) is 13.7 Å². The predicted molar refractivity (Wildman–Crippen MR) is 126 cm³/mol. The molecular formula is C22H26FN4O8P. The highest BCUT2D eigenvalue weighted by Gasteiger charge is 2.39. The molecule has 0 saturated carbocycles. The molecule has 1 aliphatic heterocycles. The molecule has 1 aromatic carbocycles. The Kier molecular flexibility index (Phi) is 7.57. The summed E-state index contributed by atoms with van der Waals surface area (Å²) in [6.45, 7) is 0.857. The standard InChI is InChI=1S/C22H26FN4O8P/c1-12-10-27(22(30)25-20(12)28)19-8-15(23)18(35-19)11-34-36(31,32)26-17(21(29)33-2)7-13-9-24-16-6-4-3-5-14(13)16/h3-6,9-10,15,17-19,24H,7-8,11H2,1-2H3,(H,25,28,30)(H2,26,31,32)/t15-,17-,18+,19+/m0/s1. The number of aryl methyl sites for hydroxylation is 1. The van der Waals surface area contributed by atoms with Crippen molar-refractivity contribution in [3.05, 3.63) is 68.6 Å². The highest BCUT2D eigenvalue weighted by molar-refractivity contribution is 7.50. The molecule has 4 N–H and O–H groups in total. The third-order valence-corrected chi connectivity index (χ3v) is 7.07. The summed E-state index contributed by atoms with van der Waals surface area (Å²) in [4.78, 5) is 51.5. The second kappa shape index (κ2) is 10.5. The van der Waals surface area contributed by atoms with E-state index in [0.29, 0.717) is 5.56 Å². The first-order valence-corrected chi connectivity index (χ1v) is 12.6. The zero-order chi connectivity index (χ0) is 26.0. The highest BCUT2D eigenvalue weighted by atomic mass is 31.2. The topological polar surface area (TPSA) is 165 Å². The molecule has 4 rings (SSSR count). The Bertz CT molecular complexity index is 1420. The van der Waals surface area contributed by atoms with E-state index in [1.807, 2.05) is 24.3 Å². The Morgan fingerprint density at radius 1 is 1.39 bits per heavy atom. The molecule has 1 saturated heterocycles. The maximum Gasteiger partial charge on any atom is 0.403 e. The zero-order valence-electron chi connectivity index (χ0n) is 19.5. The number of fused-ring (bicyclic) bond motifs is 1. The smallest absolute Gasteiger partial charge is 0.403 e. The number of methoxy groups -OCH3 is 1. The van der Waals surface area contributed by atoms with Gasteiger partial charge in [-0.15, -0.1) is 0 Å². The summed E-state index contributed by atoms with van der Waals surface area (Å²) in [5.74, 6) is -0.786. The van der Waals surface area contributed by atoms with Crippen LogP contribution in [0.25, 0.3) is 10.9 Å². The van der Waals surface area contributed by atoms with Crippen LogP contribution in [0.5, 0.6) is 0 Å². The average molecular weight is 524 g/mol. The van der Waals surface area contributed by atoms with Gasteiger partial charge in [-0.25, -0.2) is 18.8 Å². The molecule has 5 atom stereocenters. The van der Waals surface area contributed by atoms with E-state index in [2.05, 4.69) is 15.1 Å². The molecular weight excluding hydrogens is 498 g/mol. The number of halogens is 1. The van der Waals surface area contributed by atoms with Crippen LogP contribution in [0.2, 0.25) is 0 Å². The number of benzene rings is 1. The Labute approximate surface area is 204 Å². The number of hydrogen-bond acceptors (Lipinski definition) is 7. The third kappa shape index (κ3) is 5.66. The highest BCUT2D eigenvalue weighted by Crippen LogP contribution is 2.40. The average Bonchev–Trinajstić information content (AvgIpc) is 3.42. The fraction of sp³-hybridized carbons (Fsp3) is 0.409. The fourth-order valence-corrected chi connectivity index (χ4v) is 5.08. The van der Waals surface area contributed by atoms with E-state index in [4.69, 9.17) is 14.0 Å². The second-order valence-corrected chi connectivity index (χ2v) is 10.0. The van der Waals surface area contributed by atoms with Crippen LogP contribution in [-0.2, 0) is 29.8 Å². The van der Waals surface area contributed by atoms with Gasteiger partial charge in [0, 0.05) is 41.7 Å². The monoisotopic (exact) mass is 524 g/mol. The minimum atomic E-state index is -4.61. The molecule has 0 amide bonds. The largest absolute Gasteiger partial charge is 0.468 e. The van der Waals surface area contributed by atoms with E-state index in [9.17, 15) is 28.2 Å². The predicted octanol–water partition coefficient (Wildman–Crippen LogP) is 1.44. The molecule has 1 fully saturated rings. The summed E-state index contributed by atoms with van der Waals surface area (Å²) in [6.07, 6.45) is -1.18. The van der Waals surface area contributed by atoms with Gasteiger partial charge in [0.1, 0.15) is 24.5 Å². The van der Waals surface area contributed by atoms with Crippen LogP contribution in [0.15, 0.2) is 46.2 Å². The van der Waals surface area contributed by atoms with Crippen LogP contribution in [-0.4, -0.2) is 57.4 Å². The van der Waals surface area contributed by atoms with Crippen molar-refractivity contribution in [1.29, 1.82) is 0 Å². The number of aromatic nitrogens is 3. The fourth-order valence-electron chi connectivity index (χ4n) is 4.06. The van der Waals surface area contributed by atoms with Crippen molar-refractivity contribution < 1.29 is 32.6 Å². The molecule has 3 aromatic rings. The number of alkyl halides is 1. The number of hydrogen-bond donors (Lipinski definition) is 4. The number of ether oxygens (including phenoxy) is 2. The lowest BCUT2D eigenvalue weighted by Crippen LogP contribution is -2.38.